The first-order valence-electron chi connectivity index (χ1n) is 9.94. The maximum atomic E-state index is 13.0. The Morgan fingerprint density at radius 1 is 1.15 bits per heavy atom. The molecular formula is C19H29N5O3. The van der Waals surface area contributed by atoms with Crippen molar-refractivity contribution in [1.29, 1.82) is 0 Å². The molecule has 2 saturated heterocycles. The number of rotatable bonds is 4. The van der Waals surface area contributed by atoms with Crippen LogP contribution in [0.1, 0.15) is 50.0 Å². The van der Waals surface area contributed by atoms with Crippen LogP contribution in [-0.4, -0.2) is 77.1 Å². The third-order valence-corrected chi connectivity index (χ3v) is 5.31. The molecule has 1 aromatic heterocycles. The molecule has 1 unspecified atom stereocenters. The Hall–Kier alpha value is -2.38. The van der Waals surface area contributed by atoms with Crippen molar-refractivity contribution >= 4 is 17.9 Å². The van der Waals surface area contributed by atoms with Gasteiger partial charge in [0.25, 0.3) is 5.91 Å². The predicted octanol–water partition coefficient (Wildman–Crippen LogP) is 2.16. The van der Waals surface area contributed by atoms with Crippen LogP contribution in [-0.2, 0) is 4.74 Å². The largest absolute Gasteiger partial charge is 0.450 e. The van der Waals surface area contributed by atoms with Crippen LogP contribution in [0.3, 0.4) is 0 Å². The number of piperazine rings is 1. The molecule has 0 spiro atoms. The molecular weight excluding hydrogens is 346 g/mol. The Kier molecular flexibility index (Phi) is 6.47. The lowest BCUT2D eigenvalue weighted by molar-refractivity contribution is 0.0602. The third kappa shape index (κ3) is 4.48. The Balaban J connectivity index is 1.65. The molecule has 0 radical (unpaired) electrons. The molecule has 2 amide bonds. The number of piperidine rings is 1. The second-order valence-corrected chi connectivity index (χ2v) is 6.97. The van der Waals surface area contributed by atoms with Crippen LogP contribution in [0.2, 0.25) is 0 Å². The topological polar surface area (TPSA) is 78.9 Å². The summed E-state index contributed by atoms with van der Waals surface area (Å²) in [6.45, 7) is 7.47. The van der Waals surface area contributed by atoms with E-state index in [1.807, 2.05) is 9.80 Å². The first-order valence-corrected chi connectivity index (χ1v) is 9.94. The highest BCUT2D eigenvalue weighted by Gasteiger charge is 2.28. The van der Waals surface area contributed by atoms with Gasteiger partial charge in [0.15, 0.2) is 0 Å². The monoisotopic (exact) mass is 375 g/mol. The number of carbonyl (C=O) groups excluding carboxylic acids is 2. The van der Waals surface area contributed by atoms with E-state index in [1.54, 1.807) is 24.1 Å². The van der Waals surface area contributed by atoms with Crippen LogP contribution >= 0.6 is 0 Å². The SMILES string of the molecule is CCOC(=O)N1CCN(c2nccc(C(=O)N3CCCCC3CC)n2)CC1. The number of hydrogen-bond acceptors (Lipinski definition) is 6. The van der Waals surface area contributed by atoms with Crippen molar-refractivity contribution in [3.05, 3.63) is 18.0 Å². The summed E-state index contributed by atoms with van der Waals surface area (Å²) in [7, 11) is 0. The number of nitrogens with zero attached hydrogens (tertiary/aromatic N) is 5. The van der Waals surface area contributed by atoms with Crippen LogP contribution in [0.25, 0.3) is 0 Å². The van der Waals surface area contributed by atoms with E-state index >= 15 is 0 Å². The number of anilines is 1. The van der Waals surface area contributed by atoms with E-state index in [4.69, 9.17) is 4.74 Å². The fourth-order valence-electron chi connectivity index (χ4n) is 3.76. The molecule has 0 aromatic carbocycles. The Morgan fingerprint density at radius 3 is 2.63 bits per heavy atom. The summed E-state index contributed by atoms with van der Waals surface area (Å²) in [5.41, 5.74) is 0.452. The van der Waals surface area contributed by atoms with Crippen molar-refractivity contribution in [2.75, 3.05) is 44.2 Å². The molecule has 2 aliphatic rings. The smallest absolute Gasteiger partial charge is 0.409 e. The van der Waals surface area contributed by atoms with E-state index in [2.05, 4.69) is 16.9 Å². The molecule has 3 heterocycles. The minimum Gasteiger partial charge on any atom is -0.450 e. The maximum absolute atomic E-state index is 13.0. The molecule has 0 saturated carbocycles. The highest BCUT2D eigenvalue weighted by molar-refractivity contribution is 5.92. The number of carbonyl (C=O) groups is 2. The molecule has 2 fully saturated rings. The zero-order chi connectivity index (χ0) is 19.2. The van der Waals surface area contributed by atoms with E-state index < -0.39 is 0 Å². The average Bonchev–Trinajstić information content (AvgIpc) is 2.73. The number of likely N-dealkylation sites (tertiary alicyclic amines) is 1. The third-order valence-electron chi connectivity index (χ3n) is 5.31. The van der Waals surface area contributed by atoms with Gasteiger partial charge in [-0.25, -0.2) is 14.8 Å². The number of amides is 2. The highest BCUT2D eigenvalue weighted by Crippen LogP contribution is 2.22. The van der Waals surface area contributed by atoms with Crippen molar-refractivity contribution in [2.45, 2.75) is 45.6 Å². The van der Waals surface area contributed by atoms with Gasteiger partial charge in [0.2, 0.25) is 5.95 Å². The van der Waals surface area contributed by atoms with Gasteiger partial charge in [0.1, 0.15) is 5.69 Å². The van der Waals surface area contributed by atoms with Crippen molar-refractivity contribution in [2.24, 2.45) is 0 Å². The Labute approximate surface area is 160 Å². The molecule has 8 nitrogen and oxygen atoms in total. The van der Waals surface area contributed by atoms with Gasteiger partial charge in [-0.3, -0.25) is 4.79 Å². The minimum absolute atomic E-state index is 0.00430. The summed E-state index contributed by atoms with van der Waals surface area (Å²) in [5.74, 6) is 0.546. The van der Waals surface area contributed by atoms with Gasteiger partial charge in [-0.05, 0) is 38.7 Å². The molecule has 3 rings (SSSR count). The van der Waals surface area contributed by atoms with Crippen LogP contribution in [0.5, 0.6) is 0 Å². The molecule has 8 heteroatoms. The fraction of sp³-hybridized carbons (Fsp3) is 0.684. The number of hydrogen-bond donors (Lipinski definition) is 0. The average molecular weight is 375 g/mol. The molecule has 1 atom stereocenters. The lowest BCUT2D eigenvalue weighted by atomic mass is 9.99. The molecule has 27 heavy (non-hydrogen) atoms. The second-order valence-electron chi connectivity index (χ2n) is 6.97. The maximum Gasteiger partial charge on any atom is 0.409 e. The van der Waals surface area contributed by atoms with E-state index in [0.717, 1.165) is 25.8 Å². The lowest BCUT2D eigenvalue weighted by Gasteiger charge is -2.35. The normalized spacial score (nSPS) is 20.5. The zero-order valence-electron chi connectivity index (χ0n) is 16.3. The standard InChI is InChI=1S/C19H29N5O3/c1-3-15-7-5-6-10-24(15)17(25)16-8-9-20-18(21-16)22-11-13-23(14-12-22)19(26)27-4-2/h8-9,15H,3-7,10-14H2,1-2H3. The summed E-state index contributed by atoms with van der Waals surface area (Å²) >= 11 is 0. The van der Waals surface area contributed by atoms with Gasteiger partial charge in [-0.15, -0.1) is 0 Å². The summed E-state index contributed by atoms with van der Waals surface area (Å²) in [5, 5.41) is 0. The Morgan fingerprint density at radius 2 is 1.93 bits per heavy atom. The summed E-state index contributed by atoms with van der Waals surface area (Å²) in [6.07, 6.45) is 5.64. The molecule has 0 aliphatic carbocycles. The van der Waals surface area contributed by atoms with Gasteiger partial charge in [-0.2, -0.15) is 0 Å². The van der Waals surface area contributed by atoms with Crippen LogP contribution in [0, 0.1) is 0 Å². The highest BCUT2D eigenvalue weighted by atomic mass is 16.6. The van der Waals surface area contributed by atoms with Gasteiger partial charge in [0.05, 0.1) is 6.61 Å². The van der Waals surface area contributed by atoms with E-state index in [9.17, 15) is 9.59 Å². The quantitative estimate of drug-likeness (QED) is 0.802. The fourth-order valence-corrected chi connectivity index (χ4v) is 3.76. The van der Waals surface area contributed by atoms with E-state index in [-0.39, 0.29) is 12.0 Å². The molecule has 2 aliphatic heterocycles. The molecule has 148 valence electrons. The van der Waals surface area contributed by atoms with Crippen LogP contribution < -0.4 is 4.90 Å². The van der Waals surface area contributed by atoms with Gasteiger partial charge in [0, 0.05) is 45.0 Å². The molecule has 1 aromatic rings. The number of ether oxygens (including phenoxy) is 1. The van der Waals surface area contributed by atoms with Crippen molar-refractivity contribution in [1.82, 2.24) is 19.8 Å². The van der Waals surface area contributed by atoms with Gasteiger partial charge >= 0.3 is 6.09 Å². The van der Waals surface area contributed by atoms with Crippen molar-refractivity contribution < 1.29 is 14.3 Å². The lowest BCUT2D eigenvalue weighted by Crippen LogP contribution is -2.49. The first-order chi connectivity index (χ1) is 13.1. The summed E-state index contributed by atoms with van der Waals surface area (Å²) < 4.78 is 5.05. The first kappa shape index (κ1) is 19.4. The molecule has 0 N–H and O–H groups in total. The van der Waals surface area contributed by atoms with Gasteiger partial charge < -0.3 is 19.4 Å². The molecule has 0 bridgehead atoms. The van der Waals surface area contributed by atoms with Gasteiger partial charge in [-0.1, -0.05) is 6.92 Å². The van der Waals surface area contributed by atoms with Crippen molar-refractivity contribution in [3.8, 4) is 0 Å². The number of aromatic nitrogens is 2. The van der Waals surface area contributed by atoms with E-state index in [1.165, 1.54) is 6.42 Å². The van der Waals surface area contributed by atoms with E-state index in [0.29, 0.717) is 50.5 Å². The predicted molar refractivity (Wildman–Crippen MR) is 102 cm³/mol. The minimum atomic E-state index is -0.280. The van der Waals surface area contributed by atoms with Crippen LogP contribution in [0.15, 0.2) is 12.3 Å². The second kappa shape index (κ2) is 9.01. The Bertz CT molecular complexity index is 661. The van der Waals surface area contributed by atoms with Crippen molar-refractivity contribution in [3.63, 3.8) is 0 Å². The summed E-state index contributed by atoms with van der Waals surface area (Å²) in [6, 6.07) is 2.00. The summed E-state index contributed by atoms with van der Waals surface area (Å²) in [4.78, 5) is 39.3. The van der Waals surface area contributed by atoms with Crippen LogP contribution in [0.4, 0.5) is 10.7 Å². The zero-order valence-corrected chi connectivity index (χ0v) is 16.3.